The number of esters is 1. The number of nitrogens with one attached hydrogen (secondary N) is 1. The van der Waals surface area contributed by atoms with Crippen LogP contribution in [0.15, 0.2) is 6.33 Å². The van der Waals surface area contributed by atoms with Crippen LogP contribution >= 0.6 is 0 Å². The molecule has 0 atom stereocenters. The zero-order valence-corrected chi connectivity index (χ0v) is 15.7. The number of carbonyl (C=O) groups is 1. The first-order chi connectivity index (χ1) is 11.8. The Labute approximate surface area is 147 Å². The number of unbranched alkanes of at least 4 members (excludes halogenated alkanes) is 9. The topological polar surface area (TPSA) is 55.0 Å². The van der Waals surface area contributed by atoms with E-state index in [0.717, 1.165) is 25.7 Å². The summed E-state index contributed by atoms with van der Waals surface area (Å²) in [6.45, 7) is 2.26. The van der Waals surface area contributed by atoms with Gasteiger partial charge in [0, 0.05) is 12.1 Å². The molecule has 0 saturated heterocycles. The quantitative estimate of drug-likeness (QED) is 0.346. The molecular formula is C20H36N2O2. The summed E-state index contributed by atoms with van der Waals surface area (Å²) in [5.74, 6) is -0.0909. The minimum absolute atomic E-state index is 0.0909. The van der Waals surface area contributed by atoms with Crippen LogP contribution in [0, 0.1) is 0 Å². The number of aromatic nitrogens is 2. The lowest BCUT2D eigenvalue weighted by Crippen LogP contribution is -1.99. The molecule has 0 aliphatic heterocycles. The largest absolute Gasteiger partial charge is 0.469 e. The van der Waals surface area contributed by atoms with E-state index in [0.29, 0.717) is 6.42 Å². The zero-order chi connectivity index (χ0) is 17.5. The molecule has 0 aliphatic rings. The first kappa shape index (κ1) is 20.7. The fourth-order valence-corrected chi connectivity index (χ4v) is 3.06. The van der Waals surface area contributed by atoms with Gasteiger partial charge in [-0.15, -0.1) is 0 Å². The summed E-state index contributed by atoms with van der Waals surface area (Å²) < 4.78 is 4.65. The predicted molar refractivity (Wildman–Crippen MR) is 99.1 cm³/mol. The van der Waals surface area contributed by atoms with Crippen LogP contribution in [0.5, 0.6) is 0 Å². The Morgan fingerprint density at radius 3 is 2.29 bits per heavy atom. The molecule has 4 heteroatoms. The molecule has 1 aromatic heterocycles. The fraction of sp³-hybridized carbons (Fsp3) is 0.800. The molecule has 0 fully saturated rings. The fourth-order valence-electron chi connectivity index (χ4n) is 3.06. The summed E-state index contributed by atoms with van der Waals surface area (Å²) in [4.78, 5) is 18.8. The van der Waals surface area contributed by atoms with E-state index in [9.17, 15) is 4.79 Å². The third kappa shape index (κ3) is 9.74. The second-order valence-electron chi connectivity index (χ2n) is 6.69. The highest BCUT2D eigenvalue weighted by Crippen LogP contribution is 2.14. The van der Waals surface area contributed by atoms with E-state index in [4.69, 9.17) is 0 Å². The minimum atomic E-state index is -0.0909. The SMILES string of the molecule is CCCCCCCCc1nc[nH]c1CCCCCCCC(=O)OC. The second kappa shape index (κ2) is 14.1. The lowest BCUT2D eigenvalue weighted by Gasteiger charge is -2.04. The van der Waals surface area contributed by atoms with E-state index in [1.165, 1.54) is 76.3 Å². The third-order valence-electron chi connectivity index (χ3n) is 4.61. The van der Waals surface area contributed by atoms with E-state index < -0.39 is 0 Å². The van der Waals surface area contributed by atoms with Crippen molar-refractivity contribution in [1.82, 2.24) is 9.97 Å². The maximum Gasteiger partial charge on any atom is 0.305 e. The summed E-state index contributed by atoms with van der Waals surface area (Å²) in [5, 5.41) is 0. The molecule has 0 radical (unpaired) electrons. The first-order valence-electron chi connectivity index (χ1n) is 9.85. The van der Waals surface area contributed by atoms with Gasteiger partial charge < -0.3 is 9.72 Å². The van der Waals surface area contributed by atoms with Crippen molar-refractivity contribution in [3.63, 3.8) is 0 Å². The van der Waals surface area contributed by atoms with Crippen molar-refractivity contribution in [2.45, 2.75) is 96.8 Å². The second-order valence-corrected chi connectivity index (χ2v) is 6.69. The van der Waals surface area contributed by atoms with Crippen molar-refractivity contribution in [3.05, 3.63) is 17.7 Å². The average molecular weight is 337 g/mol. The van der Waals surface area contributed by atoms with Gasteiger partial charge in [-0.25, -0.2) is 4.98 Å². The Hall–Kier alpha value is -1.32. The normalized spacial score (nSPS) is 10.9. The van der Waals surface area contributed by atoms with Crippen LogP contribution in [-0.4, -0.2) is 23.0 Å². The van der Waals surface area contributed by atoms with Gasteiger partial charge in [-0.1, -0.05) is 58.3 Å². The van der Waals surface area contributed by atoms with Gasteiger partial charge in [0.1, 0.15) is 0 Å². The van der Waals surface area contributed by atoms with Crippen molar-refractivity contribution < 1.29 is 9.53 Å². The summed E-state index contributed by atoms with van der Waals surface area (Å²) in [6, 6.07) is 0. The molecule has 1 rings (SSSR count). The molecule has 0 spiro atoms. The maximum atomic E-state index is 11.0. The number of methoxy groups -OCH3 is 1. The van der Waals surface area contributed by atoms with Gasteiger partial charge in [-0.3, -0.25) is 4.79 Å². The molecular weight excluding hydrogens is 300 g/mol. The molecule has 0 unspecified atom stereocenters. The van der Waals surface area contributed by atoms with E-state index in [1.54, 1.807) is 0 Å². The molecule has 0 bridgehead atoms. The van der Waals surface area contributed by atoms with Gasteiger partial charge >= 0.3 is 5.97 Å². The highest BCUT2D eigenvalue weighted by Gasteiger charge is 2.05. The Morgan fingerprint density at radius 1 is 0.958 bits per heavy atom. The van der Waals surface area contributed by atoms with Crippen molar-refractivity contribution in [3.8, 4) is 0 Å². The van der Waals surface area contributed by atoms with Gasteiger partial charge in [-0.2, -0.15) is 0 Å². The van der Waals surface area contributed by atoms with Crippen LogP contribution in [-0.2, 0) is 22.4 Å². The van der Waals surface area contributed by atoms with E-state index >= 15 is 0 Å². The standard InChI is InChI=1S/C20H36N2O2/c1-3-4-5-6-8-11-14-18-19(22-17-21-18)15-12-9-7-10-13-16-20(23)24-2/h17H,3-16H2,1-2H3,(H,21,22). The van der Waals surface area contributed by atoms with Crippen molar-refractivity contribution >= 4 is 5.97 Å². The molecule has 24 heavy (non-hydrogen) atoms. The lowest BCUT2D eigenvalue weighted by atomic mass is 10.0. The number of aromatic amines is 1. The van der Waals surface area contributed by atoms with Gasteiger partial charge in [0.15, 0.2) is 0 Å². The van der Waals surface area contributed by atoms with Crippen molar-refractivity contribution in [2.75, 3.05) is 7.11 Å². The van der Waals surface area contributed by atoms with Gasteiger partial charge in [0.05, 0.1) is 19.1 Å². The minimum Gasteiger partial charge on any atom is -0.469 e. The third-order valence-corrected chi connectivity index (χ3v) is 4.61. The first-order valence-corrected chi connectivity index (χ1v) is 9.85. The number of ether oxygens (including phenoxy) is 1. The highest BCUT2D eigenvalue weighted by atomic mass is 16.5. The summed E-state index contributed by atoms with van der Waals surface area (Å²) in [5.41, 5.74) is 2.61. The summed E-state index contributed by atoms with van der Waals surface area (Å²) in [7, 11) is 1.45. The van der Waals surface area contributed by atoms with Gasteiger partial charge in [-0.05, 0) is 32.1 Å². The molecule has 0 amide bonds. The van der Waals surface area contributed by atoms with Crippen LogP contribution in [0.4, 0.5) is 0 Å². The van der Waals surface area contributed by atoms with Gasteiger partial charge in [0.25, 0.3) is 0 Å². The Balaban J connectivity index is 2.05. The zero-order valence-electron chi connectivity index (χ0n) is 15.7. The van der Waals surface area contributed by atoms with Gasteiger partial charge in [0.2, 0.25) is 0 Å². The molecule has 4 nitrogen and oxygen atoms in total. The van der Waals surface area contributed by atoms with Crippen LogP contribution in [0.25, 0.3) is 0 Å². The monoisotopic (exact) mass is 336 g/mol. The molecule has 0 saturated carbocycles. The molecule has 1 heterocycles. The number of imidazole rings is 1. The number of rotatable bonds is 15. The lowest BCUT2D eigenvalue weighted by molar-refractivity contribution is -0.140. The van der Waals surface area contributed by atoms with Crippen LogP contribution < -0.4 is 0 Å². The van der Waals surface area contributed by atoms with E-state index in [1.807, 2.05) is 6.33 Å². The Morgan fingerprint density at radius 2 is 1.58 bits per heavy atom. The number of hydrogen-bond acceptors (Lipinski definition) is 3. The van der Waals surface area contributed by atoms with Crippen LogP contribution in [0.1, 0.15) is 95.4 Å². The predicted octanol–water partition coefficient (Wildman–Crippen LogP) is 5.37. The molecule has 1 N–H and O–H groups in total. The number of nitrogens with zero attached hydrogens (tertiary/aromatic N) is 1. The van der Waals surface area contributed by atoms with Crippen molar-refractivity contribution in [2.24, 2.45) is 0 Å². The summed E-state index contributed by atoms with van der Waals surface area (Å²) in [6.07, 6.45) is 18.3. The summed E-state index contributed by atoms with van der Waals surface area (Å²) >= 11 is 0. The average Bonchev–Trinajstić information content (AvgIpc) is 3.04. The number of aryl methyl sites for hydroxylation is 2. The molecule has 0 aliphatic carbocycles. The Bertz CT molecular complexity index is 429. The Kier molecular flexibility index (Phi) is 12.1. The number of hydrogen-bond donors (Lipinski definition) is 1. The van der Waals surface area contributed by atoms with Crippen molar-refractivity contribution in [1.29, 1.82) is 0 Å². The highest BCUT2D eigenvalue weighted by molar-refractivity contribution is 5.68. The number of H-pyrrole nitrogens is 1. The molecule has 1 aromatic rings. The van der Waals surface area contributed by atoms with E-state index in [-0.39, 0.29) is 5.97 Å². The molecule has 0 aromatic carbocycles. The smallest absolute Gasteiger partial charge is 0.305 e. The van der Waals surface area contributed by atoms with Crippen LogP contribution in [0.2, 0.25) is 0 Å². The van der Waals surface area contributed by atoms with E-state index in [2.05, 4.69) is 21.6 Å². The molecule has 138 valence electrons. The maximum absolute atomic E-state index is 11.0. The number of carbonyl (C=O) groups excluding carboxylic acids is 1. The van der Waals surface area contributed by atoms with Crippen LogP contribution in [0.3, 0.4) is 0 Å².